The Morgan fingerprint density at radius 1 is 1.39 bits per heavy atom. The number of piperidine rings is 1. The number of carbonyl (C=O) groups is 2. The molecule has 3 rings (SSSR count). The molecule has 8 heteroatoms. The third-order valence-corrected chi connectivity index (χ3v) is 5.70. The molecule has 0 radical (unpaired) electrons. The molecule has 0 aromatic heterocycles. The molecule has 31 heavy (non-hydrogen) atoms. The van der Waals surface area contributed by atoms with Crippen LogP contribution in [0.3, 0.4) is 0 Å². The molecule has 3 aliphatic rings. The van der Waals surface area contributed by atoms with Gasteiger partial charge >= 0.3 is 12.1 Å². The smallest absolute Gasteiger partial charge is 0.407 e. The topological polar surface area (TPSA) is 80.2 Å². The molecule has 3 unspecified atom stereocenters. The average molecular weight is 434 g/mol. The number of hydrogen-bond donors (Lipinski definition) is 1. The molecule has 0 bridgehead atoms. The summed E-state index contributed by atoms with van der Waals surface area (Å²) in [6.45, 7) is 10.3. The third kappa shape index (κ3) is 5.35. The number of rotatable bonds is 3. The molecule has 1 saturated heterocycles. The van der Waals surface area contributed by atoms with Crippen LogP contribution in [0.15, 0.2) is 40.8 Å². The van der Waals surface area contributed by atoms with E-state index in [1.807, 2.05) is 17.9 Å². The van der Waals surface area contributed by atoms with Crippen molar-refractivity contribution >= 4 is 17.9 Å². The van der Waals surface area contributed by atoms with Gasteiger partial charge < -0.3 is 19.7 Å². The number of ether oxygens (including phenoxy) is 2. The molecule has 1 fully saturated rings. The van der Waals surface area contributed by atoms with E-state index in [1.54, 1.807) is 40.0 Å². The number of aliphatic imine (C=N–C) groups is 1. The fourth-order valence-corrected chi connectivity index (χ4v) is 4.12. The number of esters is 1. The zero-order chi connectivity index (χ0) is 22.8. The number of fused-ring (bicyclic) bond motifs is 1. The number of hydrogen-bond acceptors (Lipinski definition) is 6. The number of nitrogens with zero attached hydrogens (tertiary/aromatic N) is 2. The minimum absolute atomic E-state index is 0.247. The maximum Gasteiger partial charge on any atom is 0.407 e. The lowest BCUT2D eigenvalue weighted by molar-refractivity contribution is -0.150. The Bertz CT molecular complexity index is 855. The molecular formula is C23H32FN3O4. The average Bonchev–Trinajstić information content (AvgIpc) is 2.67. The number of amidine groups is 1. The summed E-state index contributed by atoms with van der Waals surface area (Å²) >= 11 is 0. The molecule has 2 aliphatic heterocycles. The van der Waals surface area contributed by atoms with Gasteiger partial charge in [-0.1, -0.05) is 13.0 Å². The molecule has 1 aliphatic carbocycles. The highest BCUT2D eigenvalue weighted by Gasteiger charge is 2.41. The monoisotopic (exact) mass is 433 g/mol. The van der Waals surface area contributed by atoms with Gasteiger partial charge in [-0.15, -0.1) is 0 Å². The van der Waals surface area contributed by atoms with Crippen molar-refractivity contribution in [2.75, 3.05) is 19.7 Å². The van der Waals surface area contributed by atoms with E-state index in [0.717, 1.165) is 5.57 Å². The highest BCUT2D eigenvalue weighted by molar-refractivity contribution is 6.02. The fourth-order valence-electron chi connectivity index (χ4n) is 4.12. The first-order valence-corrected chi connectivity index (χ1v) is 10.8. The Morgan fingerprint density at radius 2 is 2.13 bits per heavy atom. The quantitative estimate of drug-likeness (QED) is 0.684. The molecule has 1 N–H and O–H groups in total. The standard InChI is InChI=1S/C23H32FN3O4/c1-6-30-20(28)16-14-27(12-8-18(16)26-21(29)31-22(2,3)4)19-17-13-15(24)7-9-23(17,5)10-11-25-19/h7,10-11,13,16,18H,6,8-9,12,14H2,1-5H3,(H,26,29). The van der Waals surface area contributed by atoms with E-state index >= 15 is 0 Å². The van der Waals surface area contributed by atoms with Crippen molar-refractivity contribution < 1.29 is 23.5 Å². The van der Waals surface area contributed by atoms with Crippen molar-refractivity contribution in [3.8, 4) is 0 Å². The highest BCUT2D eigenvalue weighted by Crippen LogP contribution is 2.42. The Morgan fingerprint density at radius 3 is 2.81 bits per heavy atom. The zero-order valence-corrected chi connectivity index (χ0v) is 18.9. The lowest BCUT2D eigenvalue weighted by atomic mass is 9.74. The maximum absolute atomic E-state index is 14.1. The summed E-state index contributed by atoms with van der Waals surface area (Å²) in [5.41, 5.74) is -0.170. The number of allylic oxidation sites excluding steroid dienone is 4. The van der Waals surface area contributed by atoms with Crippen LogP contribution < -0.4 is 5.32 Å². The molecule has 0 spiro atoms. The summed E-state index contributed by atoms with van der Waals surface area (Å²) in [6, 6.07) is -0.423. The van der Waals surface area contributed by atoms with Crippen molar-refractivity contribution in [2.45, 2.75) is 59.1 Å². The zero-order valence-electron chi connectivity index (χ0n) is 18.9. The second kappa shape index (κ2) is 8.85. The van der Waals surface area contributed by atoms with Crippen LogP contribution in [0.5, 0.6) is 0 Å². The third-order valence-electron chi connectivity index (χ3n) is 5.70. The predicted octanol–water partition coefficient (Wildman–Crippen LogP) is 3.88. The summed E-state index contributed by atoms with van der Waals surface area (Å²) in [4.78, 5) is 31.6. The van der Waals surface area contributed by atoms with Crippen LogP contribution in [-0.2, 0) is 14.3 Å². The van der Waals surface area contributed by atoms with Crippen LogP contribution in [0.2, 0.25) is 0 Å². The van der Waals surface area contributed by atoms with E-state index in [2.05, 4.69) is 10.3 Å². The van der Waals surface area contributed by atoms with E-state index in [9.17, 15) is 14.0 Å². The van der Waals surface area contributed by atoms with Gasteiger partial charge in [0.05, 0.1) is 12.5 Å². The molecule has 1 amide bonds. The lowest BCUT2D eigenvalue weighted by Gasteiger charge is -2.43. The Labute approximate surface area is 183 Å². The van der Waals surface area contributed by atoms with Gasteiger partial charge in [0.2, 0.25) is 0 Å². The second-order valence-corrected chi connectivity index (χ2v) is 9.38. The largest absolute Gasteiger partial charge is 0.466 e. The van der Waals surface area contributed by atoms with Gasteiger partial charge in [-0.05, 0) is 52.7 Å². The molecule has 0 aromatic rings. The van der Waals surface area contributed by atoms with Crippen molar-refractivity contribution in [3.63, 3.8) is 0 Å². The van der Waals surface area contributed by atoms with E-state index in [4.69, 9.17) is 9.47 Å². The van der Waals surface area contributed by atoms with E-state index < -0.39 is 23.7 Å². The Balaban J connectivity index is 1.80. The normalized spacial score (nSPS) is 28.1. The summed E-state index contributed by atoms with van der Waals surface area (Å²) in [5.74, 6) is -0.588. The summed E-state index contributed by atoms with van der Waals surface area (Å²) in [5, 5.41) is 2.83. The number of halogens is 1. The molecule has 0 saturated carbocycles. The first-order chi connectivity index (χ1) is 14.5. The Hall–Kier alpha value is -2.64. The van der Waals surface area contributed by atoms with Gasteiger partial charge in [0, 0.05) is 36.3 Å². The lowest BCUT2D eigenvalue weighted by Crippen LogP contribution is -2.56. The highest BCUT2D eigenvalue weighted by atomic mass is 19.1. The van der Waals surface area contributed by atoms with Crippen LogP contribution in [0.1, 0.15) is 47.5 Å². The second-order valence-electron chi connectivity index (χ2n) is 9.38. The Kier molecular flexibility index (Phi) is 6.57. The van der Waals surface area contributed by atoms with Crippen molar-refractivity contribution in [2.24, 2.45) is 16.3 Å². The van der Waals surface area contributed by atoms with Gasteiger partial charge in [-0.3, -0.25) is 4.79 Å². The molecule has 170 valence electrons. The van der Waals surface area contributed by atoms with Gasteiger partial charge in [-0.25, -0.2) is 14.2 Å². The number of alkyl carbamates (subject to hydrolysis) is 1. The van der Waals surface area contributed by atoms with Crippen LogP contribution in [0.4, 0.5) is 9.18 Å². The number of nitrogens with one attached hydrogen (secondary N) is 1. The van der Waals surface area contributed by atoms with Crippen molar-refractivity contribution in [1.82, 2.24) is 10.2 Å². The van der Waals surface area contributed by atoms with Crippen LogP contribution in [-0.4, -0.2) is 54.1 Å². The summed E-state index contributed by atoms with van der Waals surface area (Å²) in [6.07, 6.45) is 7.32. The molecular weight excluding hydrogens is 401 g/mol. The van der Waals surface area contributed by atoms with Gasteiger partial charge in [-0.2, -0.15) is 0 Å². The van der Waals surface area contributed by atoms with Gasteiger partial charge in [0.25, 0.3) is 0 Å². The summed E-state index contributed by atoms with van der Waals surface area (Å²) < 4.78 is 24.7. The first-order valence-electron chi connectivity index (χ1n) is 10.8. The van der Waals surface area contributed by atoms with Crippen LogP contribution in [0, 0.1) is 11.3 Å². The van der Waals surface area contributed by atoms with Crippen LogP contribution >= 0.6 is 0 Å². The molecule has 0 aromatic carbocycles. The van der Waals surface area contributed by atoms with Gasteiger partial charge in [0.15, 0.2) is 0 Å². The molecule has 7 nitrogen and oxygen atoms in total. The minimum Gasteiger partial charge on any atom is -0.466 e. The predicted molar refractivity (Wildman–Crippen MR) is 116 cm³/mol. The van der Waals surface area contributed by atoms with Crippen molar-refractivity contribution in [1.29, 1.82) is 0 Å². The van der Waals surface area contributed by atoms with E-state index in [1.165, 1.54) is 6.08 Å². The van der Waals surface area contributed by atoms with E-state index in [-0.39, 0.29) is 23.8 Å². The number of likely N-dealkylation sites (tertiary alicyclic amines) is 1. The first kappa shape index (κ1) is 23.0. The van der Waals surface area contributed by atoms with Crippen LogP contribution in [0.25, 0.3) is 0 Å². The molecule has 3 atom stereocenters. The molecule has 2 heterocycles. The SMILES string of the molecule is CCOC(=O)C1CN(C2=NC=CC3(C)CC=C(F)C=C23)CCC1NC(=O)OC(C)(C)C. The summed E-state index contributed by atoms with van der Waals surface area (Å²) in [7, 11) is 0. The number of carbonyl (C=O) groups excluding carboxylic acids is 2. The van der Waals surface area contributed by atoms with E-state index in [0.29, 0.717) is 31.8 Å². The number of amides is 1. The van der Waals surface area contributed by atoms with Gasteiger partial charge in [0.1, 0.15) is 17.3 Å². The minimum atomic E-state index is -0.636. The van der Waals surface area contributed by atoms with Crippen molar-refractivity contribution in [3.05, 3.63) is 35.8 Å². The fraction of sp³-hybridized carbons (Fsp3) is 0.609. The maximum atomic E-state index is 14.1.